The average Bonchev–Trinajstić information content (AvgIpc) is 3.62. The topological polar surface area (TPSA) is 101 Å². The molecule has 1 aliphatic rings. The second-order valence-electron chi connectivity index (χ2n) is 8.96. The number of hydrogen-bond donors (Lipinski definition) is 1. The van der Waals surface area contributed by atoms with Crippen molar-refractivity contribution >= 4 is 62.9 Å². The second kappa shape index (κ2) is 10.5. The summed E-state index contributed by atoms with van der Waals surface area (Å²) in [5.41, 5.74) is 2.71. The first-order valence-electron chi connectivity index (χ1n) is 12.0. The number of carbonyl (C=O) groups excluding carboxylic acids is 2. The zero-order chi connectivity index (χ0) is 28.0. The summed E-state index contributed by atoms with van der Waals surface area (Å²) in [4.78, 5) is 32.8. The summed E-state index contributed by atoms with van der Waals surface area (Å²) in [6.07, 6.45) is 1.73. The molecule has 200 valence electrons. The highest BCUT2D eigenvalue weighted by Gasteiger charge is 2.49. The van der Waals surface area contributed by atoms with Crippen LogP contribution in [0, 0.1) is 12.7 Å². The van der Waals surface area contributed by atoms with Gasteiger partial charge in [-0.25, -0.2) is 9.37 Å². The van der Waals surface area contributed by atoms with Gasteiger partial charge in [0.25, 0.3) is 5.78 Å². The Balaban J connectivity index is 1.43. The molecule has 0 spiro atoms. The standard InChI is InChI=1S/C28H19ClFN5O3S2/c1-15-22(34-12-3-2-7-20(34)31-15)24(36)21-23(17-5-4-6-18(29)13-17)35(26(38)25(21)37)27-32-33-28(40-27)39-14-16-8-10-19(30)11-9-16/h2-13,23,36H,14H2,1H3/b24-21+. The third kappa shape index (κ3) is 4.66. The van der Waals surface area contributed by atoms with Gasteiger partial charge in [0.1, 0.15) is 17.2 Å². The van der Waals surface area contributed by atoms with Gasteiger partial charge in [-0.15, -0.1) is 10.2 Å². The summed E-state index contributed by atoms with van der Waals surface area (Å²) in [6, 6.07) is 17.3. The number of hydrogen-bond acceptors (Lipinski definition) is 8. The lowest BCUT2D eigenvalue weighted by Crippen LogP contribution is -2.29. The van der Waals surface area contributed by atoms with Crippen molar-refractivity contribution in [3.8, 4) is 0 Å². The second-order valence-corrected chi connectivity index (χ2v) is 11.6. The number of aromatic nitrogens is 4. The SMILES string of the molecule is Cc1nc2ccccn2c1/C(O)=C1\C(=O)C(=O)N(c2nnc(SCc3ccc(F)cc3)s2)C1c1cccc(Cl)c1. The fraction of sp³-hybridized carbons (Fsp3) is 0.107. The van der Waals surface area contributed by atoms with E-state index < -0.39 is 17.7 Å². The number of nitrogens with zero attached hydrogens (tertiary/aromatic N) is 5. The van der Waals surface area contributed by atoms with Gasteiger partial charge in [0.15, 0.2) is 10.1 Å². The number of ketones is 1. The van der Waals surface area contributed by atoms with E-state index in [-0.39, 0.29) is 22.3 Å². The van der Waals surface area contributed by atoms with Gasteiger partial charge in [-0.2, -0.15) is 0 Å². The van der Waals surface area contributed by atoms with E-state index in [2.05, 4.69) is 15.2 Å². The largest absolute Gasteiger partial charge is 0.505 e. The molecule has 40 heavy (non-hydrogen) atoms. The van der Waals surface area contributed by atoms with Crippen molar-refractivity contribution in [2.24, 2.45) is 0 Å². The van der Waals surface area contributed by atoms with Gasteiger partial charge in [-0.05, 0) is 54.4 Å². The number of aliphatic hydroxyl groups is 1. The van der Waals surface area contributed by atoms with Crippen molar-refractivity contribution in [1.29, 1.82) is 0 Å². The summed E-state index contributed by atoms with van der Waals surface area (Å²) < 4.78 is 15.5. The minimum Gasteiger partial charge on any atom is -0.505 e. The summed E-state index contributed by atoms with van der Waals surface area (Å²) in [6.45, 7) is 1.72. The smallest absolute Gasteiger partial charge is 0.301 e. The van der Waals surface area contributed by atoms with Crippen molar-refractivity contribution in [2.75, 3.05) is 4.90 Å². The van der Waals surface area contributed by atoms with Gasteiger partial charge in [-0.1, -0.05) is 65.0 Å². The van der Waals surface area contributed by atoms with Crippen molar-refractivity contribution < 1.29 is 19.1 Å². The highest BCUT2D eigenvalue weighted by molar-refractivity contribution is 8.00. The molecule has 2 aromatic carbocycles. The molecule has 1 atom stereocenters. The van der Waals surface area contributed by atoms with Crippen LogP contribution in [0.2, 0.25) is 5.02 Å². The molecule has 1 aliphatic heterocycles. The Morgan fingerprint density at radius 3 is 2.67 bits per heavy atom. The van der Waals surface area contributed by atoms with Gasteiger partial charge in [0.05, 0.1) is 17.3 Å². The van der Waals surface area contributed by atoms with E-state index in [1.54, 1.807) is 66.1 Å². The number of carbonyl (C=O) groups is 2. The number of Topliss-reactive ketones (excluding diaryl/α,β-unsaturated/α-hetero) is 1. The quantitative estimate of drug-likeness (QED) is 0.0824. The number of fused-ring (bicyclic) bond motifs is 1. The summed E-state index contributed by atoms with van der Waals surface area (Å²) in [7, 11) is 0. The number of anilines is 1. The van der Waals surface area contributed by atoms with Crippen molar-refractivity contribution in [2.45, 2.75) is 23.1 Å². The highest BCUT2D eigenvalue weighted by Crippen LogP contribution is 2.44. The van der Waals surface area contributed by atoms with E-state index in [9.17, 15) is 19.1 Å². The fourth-order valence-corrected chi connectivity index (χ4v) is 6.65. The lowest BCUT2D eigenvalue weighted by molar-refractivity contribution is -0.132. The maximum Gasteiger partial charge on any atom is 0.301 e. The molecule has 0 saturated carbocycles. The van der Waals surface area contributed by atoms with Gasteiger partial charge >= 0.3 is 5.91 Å². The Morgan fingerprint density at radius 2 is 1.90 bits per heavy atom. The molecule has 1 unspecified atom stereocenters. The molecule has 1 saturated heterocycles. The van der Waals surface area contributed by atoms with E-state index in [4.69, 9.17) is 11.6 Å². The molecule has 3 aromatic heterocycles. The van der Waals surface area contributed by atoms with Crippen LogP contribution >= 0.6 is 34.7 Å². The van der Waals surface area contributed by atoms with E-state index in [1.807, 2.05) is 6.07 Å². The zero-order valence-corrected chi connectivity index (χ0v) is 23.2. The molecule has 1 fully saturated rings. The number of amides is 1. The molecular formula is C28H19ClFN5O3S2. The molecule has 6 rings (SSSR count). The number of imidazole rings is 1. The lowest BCUT2D eigenvalue weighted by Gasteiger charge is -2.22. The number of benzene rings is 2. The predicted molar refractivity (Wildman–Crippen MR) is 152 cm³/mol. The minimum absolute atomic E-state index is 0.100. The van der Waals surface area contributed by atoms with Gasteiger partial charge < -0.3 is 5.11 Å². The first kappa shape index (κ1) is 26.2. The molecule has 4 heterocycles. The van der Waals surface area contributed by atoms with Crippen molar-refractivity contribution in [3.63, 3.8) is 0 Å². The Bertz CT molecular complexity index is 1820. The number of aliphatic hydroxyl groups excluding tert-OH is 1. The van der Waals surface area contributed by atoms with E-state index >= 15 is 0 Å². The molecule has 8 nitrogen and oxygen atoms in total. The Morgan fingerprint density at radius 1 is 1.10 bits per heavy atom. The van der Waals surface area contributed by atoms with Crippen LogP contribution in [-0.2, 0) is 15.3 Å². The summed E-state index contributed by atoms with van der Waals surface area (Å²) >= 11 is 8.82. The zero-order valence-electron chi connectivity index (χ0n) is 20.8. The molecule has 12 heteroatoms. The number of thioether (sulfide) groups is 1. The van der Waals surface area contributed by atoms with Crippen LogP contribution in [0.5, 0.6) is 0 Å². The van der Waals surface area contributed by atoms with E-state index in [0.717, 1.165) is 16.9 Å². The number of aryl methyl sites for hydroxylation is 1. The van der Waals surface area contributed by atoms with Crippen molar-refractivity contribution in [1.82, 2.24) is 19.6 Å². The molecular weight excluding hydrogens is 573 g/mol. The fourth-order valence-electron chi connectivity index (χ4n) is 4.63. The van der Waals surface area contributed by atoms with E-state index in [0.29, 0.717) is 37.7 Å². The minimum atomic E-state index is -1.00. The molecule has 1 amide bonds. The van der Waals surface area contributed by atoms with Crippen LogP contribution in [0.1, 0.15) is 28.6 Å². The maximum atomic E-state index is 13.5. The van der Waals surface area contributed by atoms with Gasteiger partial charge in [0.2, 0.25) is 5.13 Å². The van der Waals surface area contributed by atoms with Crippen LogP contribution in [0.15, 0.2) is 82.8 Å². The Kier molecular flexibility index (Phi) is 6.87. The van der Waals surface area contributed by atoms with Crippen LogP contribution < -0.4 is 4.90 Å². The third-order valence-electron chi connectivity index (χ3n) is 6.41. The highest BCUT2D eigenvalue weighted by atomic mass is 35.5. The first-order valence-corrected chi connectivity index (χ1v) is 14.2. The molecule has 5 aromatic rings. The van der Waals surface area contributed by atoms with Gasteiger partial charge in [0, 0.05) is 17.0 Å². The molecule has 0 bridgehead atoms. The maximum absolute atomic E-state index is 13.5. The summed E-state index contributed by atoms with van der Waals surface area (Å²) in [5.74, 6) is -1.86. The molecule has 1 N–H and O–H groups in total. The van der Waals surface area contributed by atoms with Crippen LogP contribution in [0.4, 0.5) is 9.52 Å². The molecule has 0 aliphatic carbocycles. The molecule has 0 radical (unpaired) electrons. The predicted octanol–water partition coefficient (Wildman–Crippen LogP) is 6.21. The average molecular weight is 592 g/mol. The van der Waals surface area contributed by atoms with Crippen LogP contribution in [0.3, 0.4) is 0 Å². The number of pyridine rings is 1. The van der Waals surface area contributed by atoms with E-state index in [1.165, 1.54) is 28.8 Å². The Hall–Kier alpha value is -4.06. The number of rotatable bonds is 6. The lowest BCUT2D eigenvalue weighted by atomic mass is 9.96. The summed E-state index contributed by atoms with van der Waals surface area (Å²) in [5, 5.41) is 20.6. The number of halogens is 2. The van der Waals surface area contributed by atoms with Crippen LogP contribution in [0.25, 0.3) is 11.4 Å². The van der Waals surface area contributed by atoms with Crippen molar-refractivity contribution in [3.05, 3.63) is 112 Å². The normalized spacial score (nSPS) is 16.8. The Labute approximate surface area is 240 Å². The monoisotopic (exact) mass is 591 g/mol. The van der Waals surface area contributed by atoms with Gasteiger partial charge in [-0.3, -0.25) is 18.9 Å². The van der Waals surface area contributed by atoms with Crippen LogP contribution in [-0.4, -0.2) is 36.4 Å². The first-order chi connectivity index (χ1) is 19.3. The third-order valence-corrected chi connectivity index (χ3v) is 8.78.